The highest BCUT2D eigenvalue weighted by molar-refractivity contribution is 5.99. The Hall–Kier alpha value is -4.36. The van der Waals surface area contributed by atoms with Crippen molar-refractivity contribution in [1.82, 2.24) is 14.9 Å². The summed E-state index contributed by atoms with van der Waals surface area (Å²) in [6.07, 6.45) is 1.43. The van der Waals surface area contributed by atoms with Crippen molar-refractivity contribution in [3.63, 3.8) is 0 Å². The number of nitrogens with one attached hydrogen (secondary N) is 2. The molecule has 0 bridgehead atoms. The lowest BCUT2D eigenvalue weighted by molar-refractivity contribution is 0.100. The highest BCUT2D eigenvalue weighted by Gasteiger charge is 2.19. The molecule has 10 heteroatoms. The number of nitrogens with two attached hydrogens (primary N) is 1. The predicted molar refractivity (Wildman–Crippen MR) is 131 cm³/mol. The zero-order valence-corrected chi connectivity index (χ0v) is 19.1. The smallest absolute Gasteiger partial charge is 0.250 e. The maximum absolute atomic E-state index is 11.7. The Bertz CT molecular complexity index is 1230. The molecule has 4 N–H and O–H groups in total. The van der Waals surface area contributed by atoms with Crippen LogP contribution >= 0.6 is 0 Å². The van der Waals surface area contributed by atoms with Crippen LogP contribution in [0.4, 0.5) is 28.8 Å². The van der Waals surface area contributed by atoms with E-state index in [1.807, 2.05) is 18.2 Å². The number of hydrogen-bond acceptors (Lipinski definition) is 9. The summed E-state index contributed by atoms with van der Waals surface area (Å²) in [4.78, 5) is 25.0. The highest BCUT2D eigenvalue weighted by Crippen LogP contribution is 2.33. The number of rotatable bonds is 7. The Morgan fingerprint density at radius 3 is 2.62 bits per heavy atom. The van der Waals surface area contributed by atoms with E-state index < -0.39 is 5.91 Å². The monoisotopic (exact) mass is 458 g/mol. The van der Waals surface area contributed by atoms with Crippen LogP contribution in [-0.2, 0) is 0 Å². The van der Waals surface area contributed by atoms with E-state index in [1.165, 1.54) is 6.20 Å². The maximum Gasteiger partial charge on any atom is 0.250 e. The Morgan fingerprint density at radius 2 is 1.91 bits per heavy atom. The molecule has 1 aromatic heterocycles. The molecular weight excluding hydrogens is 432 g/mol. The summed E-state index contributed by atoms with van der Waals surface area (Å²) >= 11 is 0. The van der Waals surface area contributed by atoms with Gasteiger partial charge in [0.15, 0.2) is 5.82 Å². The van der Waals surface area contributed by atoms with Gasteiger partial charge >= 0.3 is 0 Å². The average Bonchev–Trinajstić information content (AvgIpc) is 2.85. The van der Waals surface area contributed by atoms with E-state index in [1.54, 1.807) is 31.4 Å². The van der Waals surface area contributed by atoms with Crippen LogP contribution in [0.15, 0.2) is 48.7 Å². The number of amides is 1. The lowest BCUT2D eigenvalue weighted by atomic mass is 10.1. The maximum atomic E-state index is 11.7. The average molecular weight is 459 g/mol. The molecule has 1 amide bonds. The van der Waals surface area contributed by atoms with Crippen LogP contribution < -0.4 is 26.0 Å². The summed E-state index contributed by atoms with van der Waals surface area (Å²) < 4.78 is 5.58. The second kappa shape index (κ2) is 10.1. The molecule has 1 saturated heterocycles. The number of hydrogen-bond donors (Lipinski definition) is 3. The second-order valence-electron chi connectivity index (χ2n) is 7.90. The number of para-hydroxylation sites is 1. The molecule has 1 aliphatic heterocycles. The third-order valence-corrected chi connectivity index (χ3v) is 5.63. The lowest BCUT2D eigenvalue weighted by Crippen LogP contribution is -2.44. The van der Waals surface area contributed by atoms with Gasteiger partial charge in [-0.15, -0.1) is 0 Å². The van der Waals surface area contributed by atoms with E-state index in [0.29, 0.717) is 17.1 Å². The molecule has 10 nitrogen and oxygen atoms in total. The number of carbonyl (C=O) groups excluding carboxylic acids is 1. The number of nitrogens with zero attached hydrogens (tertiary/aromatic N) is 5. The van der Waals surface area contributed by atoms with Gasteiger partial charge < -0.3 is 30.9 Å². The number of carbonyl (C=O) groups is 1. The minimum absolute atomic E-state index is 0.225. The predicted octanol–water partition coefficient (Wildman–Crippen LogP) is 2.69. The van der Waals surface area contributed by atoms with Crippen LogP contribution in [0.25, 0.3) is 0 Å². The van der Waals surface area contributed by atoms with Gasteiger partial charge in [-0.3, -0.25) is 4.79 Å². The first-order valence-corrected chi connectivity index (χ1v) is 10.8. The van der Waals surface area contributed by atoms with Gasteiger partial charge in [0.2, 0.25) is 5.95 Å². The van der Waals surface area contributed by atoms with Crippen molar-refractivity contribution < 1.29 is 9.53 Å². The number of primary amides is 1. The Kier molecular flexibility index (Phi) is 6.75. The number of aromatic nitrogens is 2. The largest absolute Gasteiger partial charge is 0.495 e. The first-order valence-electron chi connectivity index (χ1n) is 10.8. The molecule has 0 saturated carbocycles. The van der Waals surface area contributed by atoms with Gasteiger partial charge in [0.05, 0.1) is 30.2 Å². The molecule has 0 aliphatic carbocycles. The Balaban J connectivity index is 1.62. The molecule has 0 radical (unpaired) electrons. The summed E-state index contributed by atoms with van der Waals surface area (Å²) in [6, 6.07) is 14.7. The highest BCUT2D eigenvalue weighted by atomic mass is 16.5. The summed E-state index contributed by atoms with van der Waals surface area (Å²) in [6.45, 7) is 3.71. The van der Waals surface area contributed by atoms with Gasteiger partial charge in [-0.1, -0.05) is 12.1 Å². The standard InChI is InChI=1S/C24H26N8O2/c1-31-9-11-32(12-10-31)20-13-17(7-8-21(20)34-2)28-23-16(14-25)15-27-24(30-23)29-19-6-4-3-5-18(19)22(26)33/h3-8,13,15H,9-12H2,1-2H3,(H2,26,33)(H2,27,28,29,30). The molecular formula is C24H26N8O2. The quantitative estimate of drug-likeness (QED) is 0.489. The third kappa shape index (κ3) is 5.00. The normalized spacial score (nSPS) is 13.7. The molecule has 2 heterocycles. The van der Waals surface area contributed by atoms with E-state index in [-0.39, 0.29) is 11.5 Å². The van der Waals surface area contributed by atoms with Gasteiger partial charge in [-0.25, -0.2) is 4.98 Å². The van der Waals surface area contributed by atoms with Crippen molar-refractivity contribution in [1.29, 1.82) is 5.26 Å². The molecule has 0 atom stereocenters. The fraction of sp³-hybridized carbons (Fsp3) is 0.250. The number of benzene rings is 2. The first kappa shape index (κ1) is 22.8. The zero-order chi connectivity index (χ0) is 24.1. The van der Waals surface area contributed by atoms with Crippen LogP contribution in [0, 0.1) is 11.3 Å². The van der Waals surface area contributed by atoms with E-state index in [4.69, 9.17) is 10.5 Å². The number of piperazine rings is 1. The number of anilines is 5. The number of ether oxygens (including phenoxy) is 1. The van der Waals surface area contributed by atoms with Gasteiger partial charge in [0.25, 0.3) is 5.91 Å². The van der Waals surface area contributed by atoms with Gasteiger partial charge in [0, 0.05) is 31.9 Å². The number of likely N-dealkylation sites (N-methyl/N-ethyl adjacent to an activating group) is 1. The van der Waals surface area contributed by atoms with Crippen molar-refractivity contribution in [2.45, 2.75) is 0 Å². The topological polar surface area (TPSA) is 132 Å². The third-order valence-electron chi connectivity index (χ3n) is 5.63. The van der Waals surface area contributed by atoms with Crippen LogP contribution in [0.5, 0.6) is 5.75 Å². The van der Waals surface area contributed by atoms with Gasteiger partial charge in [0.1, 0.15) is 17.4 Å². The number of nitriles is 1. The number of methoxy groups -OCH3 is 1. The Labute approximate surface area is 198 Å². The van der Waals surface area contributed by atoms with E-state index in [0.717, 1.165) is 43.3 Å². The molecule has 1 aliphatic rings. The van der Waals surface area contributed by atoms with Crippen molar-refractivity contribution in [3.8, 4) is 11.8 Å². The summed E-state index contributed by atoms with van der Waals surface area (Å²) in [7, 11) is 3.76. The molecule has 1 fully saturated rings. The molecule has 2 aromatic carbocycles. The minimum atomic E-state index is -0.565. The van der Waals surface area contributed by atoms with Crippen LogP contribution in [0.2, 0.25) is 0 Å². The summed E-state index contributed by atoms with van der Waals surface area (Å²) in [5.41, 5.74) is 8.27. The summed E-state index contributed by atoms with van der Waals surface area (Å²) in [5, 5.41) is 15.8. The van der Waals surface area contributed by atoms with Crippen LogP contribution in [0.3, 0.4) is 0 Å². The molecule has 34 heavy (non-hydrogen) atoms. The van der Waals surface area contributed by atoms with E-state index >= 15 is 0 Å². The fourth-order valence-corrected chi connectivity index (χ4v) is 3.75. The van der Waals surface area contributed by atoms with Gasteiger partial charge in [-0.05, 0) is 37.4 Å². The molecule has 4 rings (SSSR count). The molecule has 174 valence electrons. The van der Waals surface area contributed by atoms with E-state index in [9.17, 15) is 10.1 Å². The first-order chi connectivity index (χ1) is 16.5. The second-order valence-corrected chi connectivity index (χ2v) is 7.90. The van der Waals surface area contributed by atoms with Crippen molar-refractivity contribution >= 4 is 34.7 Å². The molecule has 3 aromatic rings. The Morgan fingerprint density at radius 1 is 1.15 bits per heavy atom. The van der Waals surface area contributed by atoms with Crippen molar-refractivity contribution in [3.05, 3.63) is 59.8 Å². The minimum Gasteiger partial charge on any atom is -0.495 e. The lowest BCUT2D eigenvalue weighted by Gasteiger charge is -2.35. The zero-order valence-electron chi connectivity index (χ0n) is 19.1. The fourth-order valence-electron chi connectivity index (χ4n) is 3.75. The van der Waals surface area contributed by atoms with Crippen molar-refractivity contribution in [2.24, 2.45) is 5.73 Å². The SMILES string of the molecule is COc1ccc(Nc2nc(Nc3ccccc3C(N)=O)ncc2C#N)cc1N1CCN(C)CC1. The van der Waals surface area contributed by atoms with Crippen molar-refractivity contribution in [2.75, 3.05) is 55.9 Å². The van der Waals surface area contributed by atoms with Crippen LogP contribution in [-0.4, -0.2) is 61.1 Å². The van der Waals surface area contributed by atoms with Crippen LogP contribution in [0.1, 0.15) is 15.9 Å². The molecule has 0 unspecified atom stereocenters. The van der Waals surface area contributed by atoms with Gasteiger partial charge in [-0.2, -0.15) is 10.2 Å². The molecule has 0 spiro atoms. The van der Waals surface area contributed by atoms with E-state index in [2.05, 4.69) is 43.5 Å². The summed E-state index contributed by atoms with van der Waals surface area (Å²) in [5.74, 6) is 0.780.